The molecule has 1 aliphatic carbocycles. The van der Waals surface area contributed by atoms with Crippen LogP contribution in [0.15, 0.2) is 6.33 Å². The van der Waals surface area contributed by atoms with Crippen LogP contribution in [0.2, 0.25) is 0 Å². The largest absolute Gasteiger partial charge is 0.373 e. The quantitative estimate of drug-likeness (QED) is 0.799. The third kappa shape index (κ3) is 2.26. The van der Waals surface area contributed by atoms with Crippen molar-refractivity contribution in [2.45, 2.75) is 33.1 Å². The lowest BCUT2D eigenvalue weighted by molar-refractivity contribution is 0.608. The fourth-order valence-corrected chi connectivity index (χ4v) is 1.80. The zero-order valence-corrected chi connectivity index (χ0v) is 10.3. The minimum atomic E-state index is 0.496. The normalized spacial score (nSPS) is 16.9. The van der Waals surface area contributed by atoms with Crippen LogP contribution >= 0.6 is 0 Å². The summed E-state index contributed by atoms with van der Waals surface area (Å²) in [5.41, 5.74) is 1.67. The van der Waals surface area contributed by atoms with Crippen LogP contribution in [-0.4, -0.2) is 23.6 Å². The molecule has 1 aliphatic rings. The van der Waals surface area contributed by atoms with Crippen molar-refractivity contribution in [2.24, 2.45) is 5.41 Å². The van der Waals surface area contributed by atoms with Crippen molar-refractivity contribution in [1.82, 2.24) is 9.97 Å². The van der Waals surface area contributed by atoms with E-state index in [0.717, 1.165) is 24.6 Å². The summed E-state index contributed by atoms with van der Waals surface area (Å²) < 4.78 is 0. The molecule has 4 heteroatoms. The third-order valence-electron chi connectivity index (χ3n) is 3.32. The molecule has 0 unspecified atom stereocenters. The van der Waals surface area contributed by atoms with Gasteiger partial charge in [-0.15, -0.1) is 0 Å². The van der Waals surface area contributed by atoms with Crippen molar-refractivity contribution in [3.8, 4) is 0 Å². The standard InChI is InChI=1S/C12H20N4/c1-4-9-10(13-3)15-8-16-11(9)14-7-12(2)5-6-12/h8H,4-7H2,1-3H3,(H2,13,14,15,16). The van der Waals surface area contributed by atoms with Crippen LogP contribution in [0.25, 0.3) is 0 Å². The first-order chi connectivity index (χ1) is 7.68. The highest BCUT2D eigenvalue weighted by atomic mass is 15.1. The second kappa shape index (κ2) is 4.28. The summed E-state index contributed by atoms with van der Waals surface area (Å²) in [5, 5.41) is 6.56. The lowest BCUT2D eigenvalue weighted by Gasteiger charge is -2.15. The lowest BCUT2D eigenvalue weighted by atomic mass is 10.1. The molecule has 0 amide bonds. The predicted octanol–water partition coefficient (Wildman–Crippen LogP) is 2.29. The van der Waals surface area contributed by atoms with Gasteiger partial charge in [0.05, 0.1) is 0 Å². The van der Waals surface area contributed by atoms with Gasteiger partial charge >= 0.3 is 0 Å². The highest BCUT2D eigenvalue weighted by molar-refractivity contribution is 5.57. The smallest absolute Gasteiger partial charge is 0.134 e. The summed E-state index contributed by atoms with van der Waals surface area (Å²) >= 11 is 0. The van der Waals surface area contributed by atoms with Gasteiger partial charge in [-0.25, -0.2) is 9.97 Å². The number of nitrogens with one attached hydrogen (secondary N) is 2. The monoisotopic (exact) mass is 220 g/mol. The molecule has 0 radical (unpaired) electrons. The molecular weight excluding hydrogens is 200 g/mol. The molecule has 1 aromatic heterocycles. The molecule has 1 fully saturated rings. The molecule has 1 saturated carbocycles. The molecule has 88 valence electrons. The van der Waals surface area contributed by atoms with Crippen molar-refractivity contribution in [2.75, 3.05) is 24.2 Å². The van der Waals surface area contributed by atoms with Crippen LogP contribution in [-0.2, 0) is 6.42 Å². The van der Waals surface area contributed by atoms with Crippen LogP contribution in [0.5, 0.6) is 0 Å². The Morgan fingerprint density at radius 2 is 2.00 bits per heavy atom. The average Bonchev–Trinajstić information content (AvgIpc) is 3.04. The van der Waals surface area contributed by atoms with Gasteiger partial charge in [0.15, 0.2) is 0 Å². The van der Waals surface area contributed by atoms with Crippen molar-refractivity contribution >= 4 is 11.6 Å². The molecule has 16 heavy (non-hydrogen) atoms. The molecule has 0 bridgehead atoms. The van der Waals surface area contributed by atoms with Gasteiger partial charge in [0.2, 0.25) is 0 Å². The Morgan fingerprint density at radius 1 is 1.31 bits per heavy atom. The maximum absolute atomic E-state index is 4.33. The number of rotatable bonds is 5. The molecule has 0 saturated heterocycles. The van der Waals surface area contributed by atoms with Crippen molar-refractivity contribution < 1.29 is 0 Å². The van der Waals surface area contributed by atoms with E-state index in [1.807, 2.05) is 7.05 Å². The van der Waals surface area contributed by atoms with E-state index in [4.69, 9.17) is 0 Å². The highest BCUT2D eigenvalue weighted by Gasteiger charge is 2.37. The Balaban J connectivity index is 2.12. The highest BCUT2D eigenvalue weighted by Crippen LogP contribution is 2.44. The van der Waals surface area contributed by atoms with Crippen LogP contribution in [0.4, 0.5) is 11.6 Å². The number of hydrogen-bond acceptors (Lipinski definition) is 4. The van der Waals surface area contributed by atoms with Gasteiger partial charge in [0.1, 0.15) is 18.0 Å². The molecule has 0 aliphatic heterocycles. The SMILES string of the molecule is CCc1c(NC)ncnc1NCC1(C)CC1. The predicted molar refractivity (Wildman–Crippen MR) is 66.8 cm³/mol. The first kappa shape index (κ1) is 11.2. The Hall–Kier alpha value is -1.32. The topological polar surface area (TPSA) is 49.8 Å². The summed E-state index contributed by atoms with van der Waals surface area (Å²) in [6, 6.07) is 0. The molecular formula is C12H20N4. The van der Waals surface area contributed by atoms with E-state index in [9.17, 15) is 0 Å². The Labute approximate surface area is 96.9 Å². The maximum Gasteiger partial charge on any atom is 0.134 e. The van der Waals surface area contributed by atoms with Gasteiger partial charge in [-0.05, 0) is 24.7 Å². The van der Waals surface area contributed by atoms with E-state index < -0.39 is 0 Å². The summed E-state index contributed by atoms with van der Waals surface area (Å²) in [4.78, 5) is 8.55. The van der Waals surface area contributed by atoms with E-state index >= 15 is 0 Å². The van der Waals surface area contributed by atoms with E-state index in [1.165, 1.54) is 18.4 Å². The Bertz CT molecular complexity index is 371. The van der Waals surface area contributed by atoms with Crippen molar-refractivity contribution in [3.63, 3.8) is 0 Å². The average molecular weight is 220 g/mol. The summed E-state index contributed by atoms with van der Waals surface area (Å²) in [6.45, 7) is 5.45. The van der Waals surface area contributed by atoms with Gasteiger partial charge in [-0.3, -0.25) is 0 Å². The van der Waals surface area contributed by atoms with Gasteiger partial charge in [0.25, 0.3) is 0 Å². The second-order valence-corrected chi connectivity index (χ2v) is 4.82. The van der Waals surface area contributed by atoms with Gasteiger partial charge < -0.3 is 10.6 Å². The van der Waals surface area contributed by atoms with Crippen molar-refractivity contribution in [1.29, 1.82) is 0 Å². The number of hydrogen-bond donors (Lipinski definition) is 2. The van der Waals surface area contributed by atoms with Gasteiger partial charge in [-0.2, -0.15) is 0 Å². The third-order valence-corrected chi connectivity index (χ3v) is 3.32. The van der Waals surface area contributed by atoms with Crippen LogP contribution in [0.1, 0.15) is 32.3 Å². The molecule has 1 aromatic rings. The molecule has 0 atom stereocenters. The number of nitrogens with zero attached hydrogens (tertiary/aromatic N) is 2. The lowest BCUT2D eigenvalue weighted by Crippen LogP contribution is -2.15. The molecule has 0 spiro atoms. The van der Waals surface area contributed by atoms with Gasteiger partial charge in [0, 0.05) is 19.2 Å². The first-order valence-corrected chi connectivity index (χ1v) is 5.94. The van der Waals surface area contributed by atoms with Crippen LogP contribution in [0.3, 0.4) is 0 Å². The zero-order valence-electron chi connectivity index (χ0n) is 10.3. The Morgan fingerprint density at radius 3 is 2.56 bits per heavy atom. The van der Waals surface area contributed by atoms with E-state index in [1.54, 1.807) is 6.33 Å². The van der Waals surface area contributed by atoms with Crippen molar-refractivity contribution in [3.05, 3.63) is 11.9 Å². The van der Waals surface area contributed by atoms with Crippen LogP contribution < -0.4 is 10.6 Å². The second-order valence-electron chi connectivity index (χ2n) is 4.82. The Kier molecular flexibility index (Phi) is 2.99. The fourth-order valence-electron chi connectivity index (χ4n) is 1.80. The van der Waals surface area contributed by atoms with E-state index in [-0.39, 0.29) is 0 Å². The molecule has 2 rings (SSSR count). The molecule has 2 N–H and O–H groups in total. The molecule has 1 heterocycles. The summed E-state index contributed by atoms with van der Waals surface area (Å²) in [5.74, 6) is 1.91. The molecule has 0 aromatic carbocycles. The first-order valence-electron chi connectivity index (χ1n) is 5.94. The minimum absolute atomic E-state index is 0.496. The number of aromatic nitrogens is 2. The maximum atomic E-state index is 4.33. The van der Waals surface area contributed by atoms with Gasteiger partial charge in [-0.1, -0.05) is 13.8 Å². The van der Waals surface area contributed by atoms with Crippen LogP contribution in [0, 0.1) is 5.41 Å². The number of anilines is 2. The summed E-state index contributed by atoms with van der Waals surface area (Å²) in [6.07, 6.45) is 5.20. The van der Waals surface area contributed by atoms with E-state index in [0.29, 0.717) is 5.41 Å². The summed E-state index contributed by atoms with van der Waals surface area (Å²) in [7, 11) is 1.90. The minimum Gasteiger partial charge on any atom is -0.373 e. The fraction of sp³-hybridized carbons (Fsp3) is 0.667. The zero-order chi connectivity index (χ0) is 11.6. The molecule has 4 nitrogen and oxygen atoms in total. The van der Waals surface area contributed by atoms with E-state index in [2.05, 4.69) is 34.4 Å².